The summed E-state index contributed by atoms with van der Waals surface area (Å²) in [7, 11) is -4.34. The van der Waals surface area contributed by atoms with Gasteiger partial charge in [0.05, 0.1) is 10.5 Å². The van der Waals surface area contributed by atoms with Crippen molar-refractivity contribution in [2.75, 3.05) is 5.32 Å². The van der Waals surface area contributed by atoms with Crippen LogP contribution in [-0.2, 0) is 21.0 Å². The average Bonchev–Trinajstić information content (AvgIpc) is 3.04. The van der Waals surface area contributed by atoms with Gasteiger partial charge in [0.1, 0.15) is 6.04 Å². The number of sulfonamides is 1. The third kappa shape index (κ3) is 5.02. The van der Waals surface area contributed by atoms with Crippen molar-refractivity contribution in [3.8, 4) is 0 Å². The van der Waals surface area contributed by atoms with Gasteiger partial charge in [-0.15, -0.1) is 11.3 Å². The van der Waals surface area contributed by atoms with Crippen LogP contribution in [0, 0.1) is 5.92 Å². The lowest BCUT2D eigenvalue weighted by molar-refractivity contribution is -0.137. The summed E-state index contributed by atoms with van der Waals surface area (Å²) in [4.78, 5) is 15.6. The first kappa shape index (κ1) is 20.3. The SMILES string of the molecule is CC(C)[C@H](NS(=O)(=O)c1cccc(C(F)(F)F)c1)C(=O)Nc1nccs1. The molecule has 0 aliphatic rings. The fraction of sp³-hybridized carbons (Fsp3) is 0.333. The highest BCUT2D eigenvalue weighted by Crippen LogP contribution is 2.30. The summed E-state index contributed by atoms with van der Waals surface area (Å²) in [5.74, 6) is -1.10. The molecule has 1 atom stereocenters. The molecule has 2 rings (SSSR count). The molecule has 0 saturated carbocycles. The fourth-order valence-corrected chi connectivity index (χ4v) is 3.96. The van der Waals surface area contributed by atoms with E-state index in [1.807, 2.05) is 0 Å². The Hall–Kier alpha value is -1.98. The summed E-state index contributed by atoms with van der Waals surface area (Å²) in [5.41, 5.74) is -1.09. The summed E-state index contributed by atoms with van der Waals surface area (Å²) in [5, 5.41) is 4.40. The van der Waals surface area contributed by atoms with E-state index in [2.05, 4.69) is 15.0 Å². The van der Waals surface area contributed by atoms with Crippen LogP contribution in [0.25, 0.3) is 0 Å². The van der Waals surface area contributed by atoms with Crippen molar-refractivity contribution in [1.82, 2.24) is 9.71 Å². The molecule has 0 spiro atoms. The summed E-state index contributed by atoms with van der Waals surface area (Å²) in [6, 6.07) is 2.15. The number of nitrogens with one attached hydrogen (secondary N) is 2. The quantitative estimate of drug-likeness (QED) is 0.770. The number of alkyl halides is 3. The summed E-state index contributed by atoms with van der Waals surface area (Å²) in [6.07, 6.45) is -3.21. The number of aromatic nitrogens is 1. The molecule has 0 fully saturated rings. The van der Waals surface area contributed by atoms with E-state index < -0.39 is 44.5 Å². The van der Waals surface area contributed by atoms with Gasteiger partial charge in [-0.25, -0.2) is 13.4 Å². The largest absolute Gasteiger partial charge is 0.416 e. The Morgan fingerprint density at radius 1 is 1.27 bits per heavy atom. The number of anilines is 1. The molecule has 0 unspecified atom stereocenters. The molecule has 2 N–H and O–H groups in total. The van der Waals surface area contributed by atoms with Gasteiger partial charge in [0.15, 0.2) is 5.13 Å². The van der Waals surface area contributed by atoms with Crippen molar-refractivity contribution in [1.29, 1.82) is 0 Å². The highest BCUT2D eigenvalue weighted by atomic mass is 32.2. The molecule has 0 bridgehead atoms. The molecule has 0 saturated heterocycles. The molecule has 1 aromatic carbocycles. The molecule has 142 valence electrons. The van der Waals surface area contributed by atoms with E-state index in [0.29, 0.717) is 11.2 Å². The Bertz CT molecular complexity index is 866. The van der Waals surface area contributed by atoms with Gasteiger partial charge in [-0.1, -0.05) is 19.9 Å². The second-order valence-corrected chi connectivity index (χ2v) is 8.30. The van der Waals surface area contributed by atoms with Crippen molar-refractivity contribution in [2.45, 2.75) is 31.0 Å². The molecular formula is C15H16F3N3O3S2. The summed E-state index contributed by atoms with van der Waals surface area (Å²) >= 11 is 1.15. The first-order chi connectivity index (χ1) is 12.0. The Morgan fingerprint density at radius 3 is 2.50 bits per heavy atom. The Morgan fingerprint density at radius 2 is 1.96 bits per heavy atom. The van der Waals surface area contributed by atoms with E-state index in [9.17, 15) is 26.4 Å². The molecular weight excluding hydrogens is 391 g/mol. The highest BCUT2D eigenvalue weighted by Gasteiger charge is 2.33. The number of hydrogen-bond acceptors (Lipinski definition) is 5. The van der Waals surface area contributed by atoms with E-state index in [4.69, 9.17) is 0 Å². The number of halogens is 3. The zero-order chi connectivity index (χ0) is 19.5. The van der Waals surface area contributed by atoms with E-state index in [0.717, 1.165) is 29.5 Å². The topological polar surface area (TPSA) is 88.2 Å². The fourth-order valence-electron chi connectivity index (χ4n) is 2.04. The first-order valence-electron chi connectivity index (χ1n) is 7.40. The number of carbonyl (C=O) groups is 1. The standard InChI is InChI=1S/C15H16F3N3O3S2/c1-9(2)12(13(22)20-14-19-6-7-25-14)21-26(23,24)11-5-3-4-10(8-11)15(16,17)18/h3-9,12,21H,1-2H3,(H,19,20,22)/t12-/m0/s1. The zero-order valence-corrected chi connectivity index (χ0v) is 15.4. The van der Waals surface area contributed by atoms with Gasteiger partial charge in [0.25, 0.3) is 0 Å². The van der Waals surface area contributed by atoms with Gasteiger partial charge in [0.2, 0.25) is 15.9 Å². The van der Waals surface area contributed by atoms with Gasteiger partial charge in [-0.05, 0) is 24.1 Å². The second-order valence-electron chi connectivity index (χ2n) is 5.70. The Kier molecular flexibility index (Phi) is 6.04. The van der Waals surface area contributed by atoms with E-state index in [1.165, 1.54) is 6.20 Å². The molecule has 0 aliphatic carbocycles. The van der Waals surface area contributed by atoms with E-state index in [1.54, 1.807) is 19.2 Å². The zero-order valence-electron chi connectivity index (χ0n) is 13.7. The van der Waals surface area contributed by atoms with E-state index >= 15 is 0 Å². The molecule has 0 aliphatic heterocycles. The number of hydrogen-bond donors (Lipinski definition) is 2. The minimum absolute atomic E-state index is 0.291. The number of benzene rings is 1. The van der Waals surface area contributed by atoms with Crippen LogP contribution >= 0.6 is 11.3 Å². The van der Waals surface area contributed by atoms with Crippen LogP contribution in [0.2, 0.25) is 0 Å². The molecule has 0 radical (unpaired) electrons. The van der Waals surface area contributed by atoms with Crippen LogP contribution in [-0.4, -0.2) is 25.4 Å². The summed E-state index contributed by atoms with van der Waals surface area (Å²) < 4.78 is 65.5. The number of carbonyl (C=O) groups excluding carboxylic acids is 1. The number of nitrogens with zero attached hydrogens (tertiary/aromatic N) is 1. The van der Waals surface area contributed by atoms with Crippen molar-refractivity contribution in [3.63, 3.8) is 0 Å². The van der Waals surface area contributed by atoms with Gasteiger partial charge >= 0.3 is 6.18 Å². The van der Waals surface area contributed by atoms with Crippen molar-refractivity contribution in [3.05, 3.63) is 41.4 Å². The van der Waals surface area contributed by atoms with Crippen LogP contribution in [0.15, 0.2) is 40.7 Å². The molecule has 11 heteroatoms. The average molecular weight is 407 g/mol. The molecule has 26 heavy (non-hydrogen) atoms. The lowest BCUT2D eigenvalue weighted by Gasteiger charge is -2.21. The molecule has 6 nitrogen and oxygen atoms in total. The number of amides is 1. The van der Waals surface area contributed by atoms with Crippen molar-refractivity contribution >= 4 is 32.4 Å². The molecule has 1 aromatic heterocycles. The van der Waals surface area contributed by atoms with E-state index in [-0.39, 0.29) is 0 Å². The molecule has 2 aromatic rings. The van der Waals surface area contributed by atoms with Crippen molar-refractivity contribution < 1.29 is 26.4 Å². The van der Waals surface area contributed by atoms with Crippen LogP contribution < -0.4 is 10.0 Å². The van der Waals surface area contributed by atoms with Crippen LogP contribution in [0.4, 0.5) is 18.3 Å². The Labute approximate surface area is 152 Å². The van der Waals surface area contributed by atoms with Gasteiger partial charge < -0.3 is 5.32 Å². The maximum Gasteiger partial charge on any atom is 0.416 e. The van der Waals surface area contributed by atoms with Gasteiger partial charge in [-0.3, -0.25) is 4.79 Å². The van der Waals surface area contributed by atoms with Gasteiger partial charge in [0, 0.05) is 11.6 Å². The minimum Gasteiger partial charge on any atom is -0.301 e. The number of thiazole rings is 1. The first-order valence-corrected chi connectivity index (χ1v) is 9.77. The monoisotopic (exact) mass is 407 g/mol. The maximum atomic E-state index is 12.8. The smallest absolute Gasteiger partial charge is 0.301 e. The summed E-state index contributed by atoms with van der Waals surface area (Å²) in [6.45, 7) is 3.22. The van der Waals surface area contributed by atoms with Gasteiger partial charge in [-0.2, -0.15) is 17.9 Å². The normalized spacial score (nSPS) is 13.6. The lowest BCUT2D eigenvalue weighted by atomic mass is 10.1. The predicted octanol–water partition coefficient (Wildman–Crippen LogP) is 3.10. The lowest BCUT2D eigenvalue weighted by Crippen LogP contribution is -2.47. The van der Waals surface area contributed by atoms with Crippen LogP contribution in [0.3, 0.4) is 0 Å². The molecule has 1 heterocycles. The van der Waals surface area contributed by atoms with Crippen LogP contribution in [0.5, 0.6) is 0 Å². The molecule has 1 amide bonds. The number of rotatable bonds is 6. The highest BCUT2D eigenvalue weighted by molar-refractivity contribution is 7.89. The van der Waals surface area contributed by atoms with Crippen molar-refractivity contribution in [2.24, 2.45) is 5.92 Å². The minimum atomic E-state index is -4.68. The van der Waals surface area contributed by atoms with Crippen LogP contribution in [0.1, 0.15) is 19.4 Å². The predicted molar refractivity (Wildman–Crippen MR) is 91.1 cm³/mol. The third-order valence-electron chi connectivity index (χ3n) is 3.37. The second kappa shape index (κ2) is 7.72. The maximum absolute atomic E-state index is 12.8. The Balaban J connectivity index is 2.25. The third-order valence-corrected chi connectivity index (χ3v) is 5.49.